The van der Waals surface area contributed by atoms with Crippen molar-refractivity contribution < 1.29 is 36.3 Å². The summed E-state index contributed by atoms with van der Waals surface area (Å²) in [4.78, 5) is 39.7. The molecular formula is C29H26F5N7O3. The highest BCUT2D eigenvalue weighted by atomic mass is 19.4. The summed E-state index contributed by atoms with van der Waals surface area (Å²) in [7, 11) is 0. The van der Waals surface area contributed by atoms with Crippen LogP contribution in [0.5, 0.6) is 0 Å². The first kappa shape index (κ1) is 29.4. The van der Waals surface area contributed by atoms with Crippen LogP contribution < -0.4 is 11.1 Å². The van der Waals surface area contributed by atoms with E-state index in [1.807, 2.05) is 0 Å². The quantitative estimate of drug-likeness (QED) is 0.314. The molecule has 2 aliphatic rings. The normalized spacial score (nSPS) is 19.4. The fourth-order valence-corrected chi connectivity index (χ4v) is 5.56. The summed E-state index contributed by atoms with van der Waals surface area (Å²) in [6, 6.07) is 7.50. The molecule has 0 radical (unpaired) electrons. The number of anilines is 2. The van der Waals surface area contributed by atoms with Gasteiger partial charge in [-0.3, -0.25) is 14.0 Å². The summed E-state index contributed by atoms with van der Waals surface area (Å²) < 4.78 is 75.9. The molecule has 0 aliphatic carbocycles. The number of ether oxygens (including phenoxy) is 1. The van der Waals surface area contributed by atoms with Crippen molar-refractivity contribution in [2.45, 2.75) is 31.4 Å². The summed E-state index contributed by atoms with van der Waals surface area (Å²) >= 11 is 0. The number of fused-ring (bicyclic) bond motifs is 1. The van der Waals surface area contributed by atoms with Crippen LogP contribution in [-0.2, 0) is 15.7 Å². The van der Waals surface area contributed by atoms with Gasteiger partial charge in [0.2, 0.25) is 5.91 Å². The highest BCUT2D eigenvalue weighted by Gasteiger charge is 2.50. The van der Waals surface area contributed by atoms with Crippen LogP contribution in [0.25, 0.3) is 16.8 Å². The predicted molar refractivity (Wildman–Crippen MR) is 148 cm³/mol. The van der Waals surface area contributed by atoms with E-state index in [4.69, 9.17) is 15.5 Å². The van der Waals surface area contributed by atoms with Gasteiger partial charge in [0.1, 0.15) is 28.7 Å². The van der Waals surface area contributed by atoms with Gasteiger partial charge in [-0.25, -0.2) is 23.7 Å². The molecule has 1 aromatic carbocycles. The second-order valence-electron chi connectivity index (χ2n) is 11.3. The van der Waals surface area contributed by atoms with E-state index >= 15 is 8.78 Å². The SMILES string of the molecule is CC1(C(=O)N2C[C@H](c3nc(-c4ccc(C(=O)Nc5cc(C(F)(F)F)ccn5)cc4)c4c(N)nccn34)CC(F)(F)C2)COC1. The minimum atomic E-state index is -4.60. The van der Waals surface area contributed by atoms with Crippen LogP contribution in [0.1, 0.15) is 41.0 Å². The number of hydrogen-bond acceptors (Lipinski definition) is 7. The molecule has 44 heavy (non-hydrogen) atoms. The van der Waals surface area contributed by atoms with E-state index < -0.39 is 53.8 Å². The predicted octanol–water partition coefficient (Wildman–Crippen LogP) is 4.63. The van der Waals surface area contributed by atoms with Crippen molar-refractivity contribution in [2.24, 2.45) is 5.41 Å². The number of hydrogen-bond donors (Lipinski definition) is 2. The molecule has 2 amide bonds. The maximum absolute atomic E-state index is 15.0. The van der Waals surface area contributed by atoms with Crippen molar-refractivity contribution in [1.82, 2.24) is 24.3 Å². The summed E-state index contributed by atoms with van der Waals surface area (Å²) in [5, 5.41) is 2.34. The molecule has 5 heterocycles. The van der Waals surface area contributed by atoms with Gasteiger partial charge in [0.25, 0.3) is 11.8 Å². The number of likely N-dealkylation sites (tertiary alicyclic amines) is 1. The van der Waals surface area contributed by atoms with E-state index in [-0.39, 0.29) is 42.8 Å². The van der Waals surface area contributed by atoms with Crippen molar-refractivity contribution in [2.75, 3.05) is 37.4 Å². The number of alkyl halides is 5. The van der Waals surface area contributed by atoms with Gasteiger partial charge in [0.15, 0.2) is 0 Å². The molecule has 230 valence electrons. The fourth-order valence-electron chi connectivity index (χ4n) is 5.56. The molecule has 0 spiro atoms. The van der Waals surface area contributed by atoms with Gasteiger partial charge in [-0.15, -0.1) is 0 Å². The lowest BCUT2D eigenvalue weighted by molar-refractivity contribution is -0.177. The van der Waals surface area contributed by atoms with Gasteiger partial charge in [-0.05, 0) is 31.2 Å². The summed E-state index contributed by atoms with van der Waals surface area (Å²) in [5.74, 6) is -4.99. The highest BCUT2D eigenvalue weighted by Crippen LogP contribution is 2.41. The number of nitrogens with one attached hydrogen (secondary N) is 1. The Kier molecular flexibility index (Phi) is 7.02. The van der Waals surface area contributed by atoms with Crippen LogP contribution in [-0.4, -0.2) is 68.3 Å². The average molecular weight is 616 g/mol. The molecule has 4 aromatic rings. The largest absolute Gasteiger partial charge is 0.416 e. The lowest BCUT2D eigenvalue weighted by Gasteiger charge is -2.44. The molecule has 2 saturated heterocycles. The first-order valence-electron chi connectivity index (χ1n) is 13.6. The van der Waals surface area contributed by atoms with Crippen molar-refractivity contribution in [3.05, 3.63) is 71.9 Å². The van der Waals surface area contributed by atoms with Gasteiger partial charge in [0, 0.05) is 48.6 Å². The Morgan fingerprint density at radius 1 is 1.09 bits per heavy atom. The third-order valence-electron chi connectivity index (χ3n) is 7.78. The van der Waals surface area contributed by atoms with Gasteiger partial charge < -0.3 is 20.7 Å². The Hall–Kier alpha value is -4.66. The summed E-state index contributed by atoms with van der Waals surface area (Å²) in [6.45, 7) is 1.35. The van der Waals surface area contributed by atoms with Crippen LogP contribution in [0.2, 0.25) is 0 Å². The molecule has 15 heteroatoms. The molecule has 1 atom stereocenters. The van der Waals surface area contributed by atoms with Crippen molar-refractivity contribution in [1.29, 1.82) is 0 Å². The standard InChI is InChI=1S/C29H26F5N7O3/c1-27(14-44-15-27)26(43)40-12-18(11-28(30,31)13-40)24-39-21(22-23(35)37-8-9-41(22)24)16-2-4-17(5-3-16)25(42)38-20-10-19(6-7-36-20)29(32,33)34/h2-10,18H,11-15H2,1H3,(H2,35,37)(H,36,38,42)/t18-/m1/s1. The molecule has 0 bridgehead atoms. The fraction of sp³-hybridized carbons (Fsp3) is 0.345. The smallest absolute Gasteiger partial charge is 0.382 e. The van der Waals surface area contributed by atoms with Crippen molar-refractivity contribution in [3.8, 4) is 11.3 Å². The van der Waals surface area contributed by atoms with E-state index in [1.54, 1.807) is 29.7 Å². The number of piperidine rings is 1. The number of carbonyl (C=O) groups is 2. The lowest BCUT2D eigenvalue weighted by Crippen LogP contribution is -2.58. The Morgan fingerprint density at radius 2 is 1.82 bits per heavy atom. The topological polar surface area (TPSA) is 128 Å². The van der Waals surface area contributed by atoms with Crippen molar-refractivity contribution >= 4 is 29.0 Å². The number of aromatic nitrogens is 4. The average Bonchev–Trinajstić information content (AvgIpc) is 3.35. The molecule has 6 rings (SSSR count). The Morgan fingerprint density at radius 3 is 2.48 bits per heavy atom. The van der Waals surface area contributed by atoms with Gasteiger partial charge in [-0.2, -0.15) is 13.2 Å². The molecule has 0 saturated carbocycles. The van der Waals surface area contributed by atoms with E-state index in [0.717, 1.165) is 18.3 Å². The second-order valence-corrected chi connectivity index (χ2v) is 11.3. The minimum absolute atomic E-state index is 0.0213. The molecule has 3 aromatic heterocycles. The summed E-state index contributed by atoms with van der Waals surface area (Å²) in [6.07, 6.45) is -1.21. The summed E-state index contributed by atoms with van der Waals surface area (Å²) in [5.41, 5.74) is 5.69. The Labute approximate surface area is 247 Å². The molecule has 3 N–H and O–H groups in total. The molecule has 2 aliphatic heterocycles. The number of amides is 2. The number of pyridine rings is 1. The molecule has 10 nitrogen and oxygen atoms in total. The molecular weight excluding hydrogens is 589 g/mol. The Balaban J connectivity index is 1.29. The number of imidazole rings is 1. The van der Waals surface area contributed by atoms with Crippen LogP contribution in [0, 0.1) is 5.41 Å². The van der Waals surface area contributed by atoms with E-state index in [9.17, 15) is 22.8 Å². The minimum Gasteiger partial charge on any atom is -0.382 e. The zero-order valence-electron chi connectivity index (χ0n) is 23.2. The van der Waals surface area contributed by atoms with Gasteiger partial charge in [-0.1, -0.05) is 12.1 Å². The maximum atomic E-state index is 15.0. The number of nitrogens with zero attached hydrogens (tertiary/aromatic N) is 5. The highest BCUT2D eigenvalue weighted by molar-refractivity contribution is 6.04. The number of rotatable bonds is 5. The first-order chi connectivity index (χ1) is 20.7. The van der Waals surface area contributed by atoms with E-state index in [1.165, 1.54) is 23.2 Å². The number of carbonyl (C=O) groups excluding carboxylic acids is 2. The zero-order valence-corrected chi connectivity index (χ0v) is 23.2. The number of nitrogens with two attached hydrogens (primary N) is 1. The third kappa shape index (κ3) is 5.42. The van der Waals surface area contributed by atoms with Crippen LogP contribution in [0.15, 0.2) is 55.0 Å². The maximum Gasteiger partial charge on any atom is 0.416 e. The van der Waals surface area contributed by atoms with Gasteiger partial charge in [0.05, 0.1) is 30.7 Å². The van der Waals surface area contributed by atoms with Crippen LogP contribution in [0.4, 0.5) is 33.6 Å². The number of halogens is 5. The van der Waals surface area contributed by atoms with Crippen molar-refractivity contribution in [3.63, 3.8) is 0 Å². The monoisotopic (exact) mass is 615 g/mol. The first-order valence-corrected chi connectivity index (χ1v) is 13.6. The molecule has 2 fully saturated rings. The lowest BCUT2D eigenvalue weighted by atomic mass is 9.85. The third-order valence-corrected chi connectivity index (χ3v) is 7.78. The van der Waals surface area contributed by atoms with Crippen LogP contribution >= 0.6 is 0 Å². The number of nitrogen functional groups attached to an aromatic ring is 1. The number of benzene rings is 1. The second kappa shape index (κ2) is 10.5. The van der Waals surface area contributed by atoms with Gasteiger partial charge >= 0.3 is 6.18 Å². The Bertz CT molecular complexity index is 1750. The molecule has 0 unspecified atom stereocenters. The van der Waals surface area contributed by atoms with E-state index in [2.05, 4.69) is 15.3 Å². The van der Waals surface area contributed by atoms with E-state index in [0.29, 0.717) is 16.8 Å². The zero-order chi connectivity index (χ0) is 31.4. The van der Waals surface area contributed by atoms with Crippen LogP contribution in [0.3, 0.4) is 0 Å².